The third-order valence-corrected chi connectivity index (χ3v) is 3.68. The number of nitrogens with one attached hydrogen (secondary N) is 1. The molecule has 0 spiro atoms. The molecule has 1 amide bonds. The van der Waals surface area contributed by atoms with Crippen molar-refractivity contribution in [2.75, 3.05) is 20.3 Å². The van der Waals surface area contributed by atoms with Gasteiger partial charge in [0.2, 0.25) is 0 Å². The summed E-state index contributed by atoms with van der Waals surface area (Å²) in [5, 5.41) is 3.40. The number of amides is 1. The molecule has 1 fully saturated rings. The summed E-state index contributed by atoms with van der Waals surface area (Å²) < 4.78 is 10.8. The van der Waals surface area contributed by atoms with E-state index >= 15 is 0 Å². The first-order valence-electron chi connectivity index (χ1n) is 7.19. The second kappa shape index (κ2) is 7.38. The summed E-state index contributed by atoms with van der Waals surface area (Å²) in [7, 11) is 1.63. The first-order chi connectivity index (χ1) is 10.6. The molecule has 6 heteroatoms. The van der Waals surface area contributed by atoms with Crippen molar-refractivity contribution in [1.82, 2.24) is 10.2 Å². The molecule has 0 saturated carbocycles. The van der Waals surface area contributed by atoms with E-state index in [0.29, 0.717) is 30.6 Å². The Bertz CT molecular complexity index is 613. The molecule has 2 rings (SSSR count). The van der Waals surface area contributed by atoms with Gasteiger partial charge in [-0.25, -0.2) is 0 Å². The van der Waals surface area contributed by atoms with Gasteiger partial charge in [-0.3, -0.25) is 9.69 Å². The largest absolute Gasteiger partial charge is 0.496 e. The zero-order chi connectivity index (χ0) is 16.1. The molecule has 1 aromatic rings. The number of nitrogens with zero attached hydrogens (tertiary/aromatic N) is 1. The number of benzene rings is 1. The van der Waals surface area contributed by atoms with Gasteiger partial charge in [-0.05, 0) is 49.8 Å². The second-order valence-corrected chi connectivity index (χ2v) is 5.13. The standard InChI is InChI=1S/C16H20N2O3S/c1-4-18-15(19)13(17-16(18)22)9-11-6-7-14(20-3)12(8-11)10-21-5-2/h6-9H,4-5,10H2,1-3H3,(H,17,22)/b13-9+. The lowest BCUT2D eigenvalue weighted by Crippen LogP contribution is -2.30. The summed E-state index contributed by atoms with van der Waals surface area (Å²) in [6.07, 6.45) is 1.79. The molecular formula is C16H20N2O3S. The minimum absolute atomic E-state index is 0.102. The lowest BCUT2D eigenvalue weighted by atomic mass is 10.1. The summed E-state index contributed by atoms with van der Waals surface area (Å²) in [6, 6.07) is 5.72. The molecule has 22 heavy (non-hydrogen) atoms. The van der Waals surface area contributed by atoms with Crippen LogP contribution >= 0.6 is 12.2 Å². The van der Waals surface area contributed by atoms with Crippen LogP contribution in [0.1, 0.15) is 25.0 Å². The van der Waals surface area contributed by atoms with Gasteiger partial charge in [-0.1, -0.05) is 6.07 Å². The highest BCUT2D eigenvalue weighted by atomic mass is 32.1. The number of hydrogen-bond donors (Lipinski definition) is 1. The lowest BCUT2D eigenvalue weighted by molar-refractivity contribution is -0.122. The molecule has 1 aliphatic rings. The van der Waals surface area contributed by atoms with E-state index in [1.807, 2.05) is 32.0 Å². The number of hydrogen-bond acceptors (Lipinski definition) is 4. The Morgan fingerprint density at radius 2 is 2.14 bits per heavy atom. The van der Waals surface area contributed by atoms with E-state index in [1.165, 1.54) is 4.90 Å². The van der Waals surface area contributed by atoms with Crippen molar-refractivity contribution in [3.8, 4) is 5.75 Å². The van der Waals surface area contributed by atoms with Crippen molar-refractivity contribution in [2.24, 2.45) is 0 Å². The molecular weight excluding hydrogens is 300 g/mol. The predicted octanol–water partition coefficient (Wildman–Crippen LogP) is 2.31. The number of ether oxygens (including phenoxy) is 2. The molecule has 118 valence electrons. The van der Waals surface area contributed by atoms with Crippen LogP contribution in [0.5, 0.6) is 5.75 Å². The summed E-state index contributed by atoms with van der Waals surface area (Å²) in [5.74, 6) is 0.668. The van der Waals surface area contributed by atoms with Crippen LogP contribution in [0.25, 0.3) is 6.08 Å². The lowest BCUT2D eigenvalue weighted by Gasteiger charge is -2.10. The zero-order valence-corrected chi connectivity index (χ0v) is 13.8. The van der Waals surface area contributed by atoms with Crippen LogP contribution in [0.15, 0.2) is 23.9 Å². The minimum Gasteiger partial charge on any atom is -0.496 e. The zero-order valence-electron chi connectivity index (χ0n) is 13.0. The van der Waals surface area contributed by atoms with Gasteiger partial charge >= 0.3 is 0 Å². The number of rotatable bonds is 6. The van der Waals surface area contributed by atoms with E-state index in [-0.39, 0.29) is 5.91 Å². The van der Waals surface area contributed by atoms with Gasteiger partial charge in [0.25, 0.3) is 5.91 Å². The Morgan fingerprint density at radius 3 is 2.73 bits per heavy atom. The number of likely N-dealkylation sites (N-methyl/N-ethyl adjacent to an activating group) is 1. The molecule has 0 bridgehead atoms. The van der Waals surface area contributed by atoms with E-state index in [9.17, 15) is 4.79 Å². The Labute approximate surface area is 135 Å². The summed E-state index contributed by atoms with van der Waals surface area (Å²) in [6.45, 7) is 5.49. The Hall–Kier alpha value is -1.92. The second-order valence-electron chi connectivity index (χ2n) is 4.75. The Balaban J connectivity index is 2.28. The molecule has 5 nitrogen and oxygen atoms in total. The Morgan fingerprint density at radius 1 is 1.36 bits per heavy atom. The maximum atomic E-state index is 12.2. The third kappa shape index (κ3) is 3.45. The maximum Gasteiger partial charge on any atom is 0.276 e. The first kappa shape index (κ1) is 16.5. The number of methoxy groups -OCH3 is 1. The van der Waals surface area contributed by atoms with E-state index in [1.54, 1.807) is 13.2 Å². The first-order valence-corrected chi connectivity index (χ1v) is 7.60. The van der Waals surface area contributed by atoms with Gasteiger partial charge in [0.15, 0.2) is 5.11 Å². The average molecular weight is 320 g/mol. The van der Waals surface area contributed by atoms with Crippen molar-refractivity contribution in [2.45, 2.75) is 20.5 Å². The fourth-order valence-corrected chi connectivity index (χ4v) is 2.56. The highest BCUT2D eigenvalue weighted by Crippen LogP contribution is 2.23. The van der Waals surface area contributed by atoms with Crippen LogP contribution in [0.2, 0.25) is 0 Å². The van der Waals surface area contributed by atoms with Crippen LogP contribution in [0.3, 0.4) is 0 Å². The molecule has 0 atom stereocenters. The van der Waals surface area contributed by atoms with Gasteiger partial charge in [-0.2, -0.15) is 0 Å². The van der Waals surface area contributed by atoms with Crippen LogP contribution in [-0.4, -0.2) is 36.2 Å². The molecule has 1 aliphatic heterocycles. The quantitative estimate of drug-likeness (QED) is 0.644. The van der Waals surface area contributed by atoms with Gasteiger partial charge in [0.05, 0.1) is 13.7 Å². The van der Waals surface area contributed by atoms with Crippen molar-refractivity contribution in [1.29, 1.82) is 0 Å². The minimum atomic E-state index is -0.102. The van der Waals surface area contributed by atoms with Crippen LogP contribution in [-0.2, 0) is 16.1 Å². The normalized spacial score (nSPS) is 16.3. The average Bonchev–Trinajstić information content (AvgIpc) is 2.79. The van der Waals surface area contributed by atoms with Crippen LogP contribution in [0.4, 0.5) is 0 Å². The SMILES string of the molecule is CCOCc1cc(/C=C2/NC(=S)N(CC)C2=O)ccc1OC. The fourth-order valence-electron chi connectivity index (χ4n) is 2.24. The van der Waals surface area contributed by atoms with Crippen LogP contribution < -0.4 is 10.1 Å². The molecule has 1 aromatic carbocycles. The van der Waals surface area contributed by atoms with Gasteiger partial charge < -0.3 is 14.8 Å². The summed E-state index contributed by atoms with van der Waals surface area (Å²) in [5.41, 5.74) is 2.32. The van der Waals surface area contributed by atoms with Crippen molar-refractivity contribution in [3.63, 3.8) is 0 Å². The highest BCUT2D eigenvalue weighted by Gasteiger charge is 2.28. The van der Waals surface area contributed by atoms with Crippen molar-refractivity contribution < 1.29 is 14.3 Å². The van der Waals surface area contributed by atoms with E-state index in [0.717, 1.165) is 16.9 Å². The maximum absolute atomic E-state index is 12.2. The number of thiocarbonyl (C=S) groups is 1. The van der Waals surface area contributed by atoms with Gasteiger partial charge in [-0.15, -0.1) is 0 Å². The fraction of sp³-hybridized carbons (Fsp3) is 0.375. The molecule has 0 aromatic heterocycles. The smallest absolute Gasteiger partial charge is 0.276 e. The summed E-state index contributed by atoms with van der Waals surface area (Å²) >= 11 is 5.15. The van der Waals surface area contributed by atoms with Gasteiger partial charge in [0.1, 0.15) is 11.4 Å². The van der Waals surface area contributed by atoms with E-state index in [4.69, 9.17) is 21.7 Å². The van der Waals surface area contributed by atoms with Crippen LogP contribution in [0, 0.1) is 0 Å². The monoisotopic (exact) mass is 320 g/mol. The topological polar surface area (TPSA) is 50.8 Å². The number of carbonyl (C=O) groups excluding carboxylic acids is 1. The van der Waals surface area contributed by atoms with E-state index in [2.05, 4.69) is 5.32 Å². The summed E-state index contributed by atoms with van der Waals surface area (Å²) in [4.78, 5) is 13.7. The predicted molar refractivity (Wildman–Crippen MR) is 89.4 cm³/mol. The number of carbonyl (C=O) groups is 1. The molecule has 0 unspecified atom stereocenters. The molecule has 0 radical (unpaired) electrons. The van der Waals surface area contributed by atoms with E-state index < -0.39 is 0 Å². The van der Waals surface area contributed by atoms with Gasteiger partial charge in [0, 0.05) is 18.7 Å². The van der Waals surface area contributed by atoms with Crippen molar-refractivity contribution >= 4 is 29.3 Å². The Kier molecular flexibility index (Phi) is 5.51. The molecule has 1 heterocycles. The highest BCUT2D eigenvalue weighted by molar-refractivity contribution is 7.80. The molecule has 0 aliphatic carbocycles. The molecule has 1 saturated heterocycles. The van der Waals surface area contributed by atoms with Crippen molar-refractivity contribution in [3.05, 3.63) is 35.0 Å². The molecule has 1 N–H and O–H groups in total. The third-order valence-electron chi connectivity index (χ3n) is 3.36.